The summed E-state index contributed by atoms with van der Waals surface area (Å²) in [6, 6.07) is 1.48. The fourth-order valence-electron chi connectivity index (χ4n) is 1.11. The maximum absolute atomic E-state index is 12.6. The highest BCUT2D eigenvalue weighted by molar-refractivity contribution is 5.80. The van der Waals surface area contributed by atoms with Gasteiger partial charge in [0.2, 0.25) is 11.9 Å². The molecule has 0 radical (unpaired) electrons. The maximum Gasteiger partial charge on any atom is 0.239 e. The minimum atomic E-state index is -0.616. The molecule has 1 fully saturated rings. The van der Waals surface area contributed by atoms with Crippen LogP contribution in [0.15, 0.2) is 12.4 Å². The van der Waals surface area contributed by atoms with Crippen molar-refractivity contribution in [2.24, 2.45) is 0 Å². The number of carbonyl (C=O) groups excluding carboxylic acids is 1. The van der Waals surface area contributed by atoms with Crippen molar-refractivity contribution in [2.45, 2.75) is 18.9 Å². The zero-order chi connectivity index (χ0) is 10.7. The van der Waals surface area contributed by atoms with Crippen LogP contribution in [0.1, 0.15) is 12.8 Å². The zero-order valence-electron chi connectivity index (χ0n) is 8.03. The van der Waals surface area contributed by atoms with Crippen LogP contribution in [-0.4, -0.2) is 28.5 Å². The number of halogens is 1. The third-order valence-electron chi connectivity index (χ3n) is 2.01. The monoisotopic (exact) mass is 210 g/mol. The first-order chi connectivity index (χ1) is 7.24. The lowest BCUT2D eigenvalue weighted by Crippen LogP contribution is -2.31. The summed E-state index contributed by atoms with van der Waals surface area (Å²) in [5.74, 6) is -0.403. The normalized spacial score (nSPS) is 14.7. The van der Waals surface area contributed by atoms with Crippen molar-refractivity contribution in [1.82, 2.24) is 15.3 Å². The molecular formula is C9H11FN4O. The summed E-state index contributed by atoms with van der Waals surface area (Å²) in [6.45, 7) is 0.104. The Morgan fingerprint density at radius 1 is 1.53 bits per heavy atom. The van der Waals surface area contributed by atoms with Gasteiger partial charge < -0.3 is 10.6 Å². The van der Waals surface area contributed by atoms with Gasteiger partial charge >= 0.3 is 0 Å². The number of rotatable bonds is 4. The van der Waals surface area contributed by atoms with Crippen LogP contribution in [0.2, 0.25) is 0 Å². The Morgan fingerprint density at radius 2 is 2.33 bits per heavy atom. The zero-order valence-corrected chi connectivity index (χ0v) is 8.03. The van der Waals surface area contributed by atoms with Crippen molar-refractivity contribution in [3.05, 3.63) is 18.3 Å². The third kappa shape index (κ3) is 3.16. The van der Waals surface area contributed by atoms with Gasteiger partial charge in [0.05, 0.1) is 6.54 Å². The number of nitrogens with one attached hydrogen (secondary N) is 2. The van der Waals surface area contributed by atoms with Crippen LogP contribution >= 0.6 is 0 Å². The van der Waals surface area contributed by atoms with Gasteiger partial charge in [-0.15, -0.1) is 0 Å². The number of aromatic nitrogens is 2. The van der Waals surface area contributed by atoms with Gasteiger partial charge in [-0.3, -0.25) is 4.79 Å². The van der Waals surface area contributed by atoms with E-state index in [0.29, 0.717) is 11.9 Å². The summed E-state index contributed by atoms with van der Waals surface area (Å²) >= 11 is 0. The molecule has 1 aliphatic carbocycles. The summed E-state index contributed by atoms with van der Waals surface area (Å²) in [5, 5.41) is 5.52. The van der Waals surface area contributed by atoms with E-state index < -0.39 is 5.95 Å². The van der Waals surface area contributed by atoms with Gasteiger partial charge in [-0.1, -0.05) is 0 Å². The van der Waals surface area contributed by atoms with Crippen LogP contribution < -0.4 is 10.6 Å². The first-order valence-electron chi connectivity index (χ1n) is 4.75. The molecule has 80 valence electrons. The summed E-state index contributed by atoms with van der Waals surface area (Å²) in [4.78, 5) is 18.3. The topological polar surface area (TPSA) is 66.9 Å². The predicted octanol–water partition coefficient (Wildman–Crippen LogP) is 0.306. The van der Waals surface area contributed by atoms with Gasteiger partial charge in [0.15, 0.2) is 0 Å². The van der Waals surface area contributed by atoms with Gasteiger partial charge in [-0.25, -0.2) is 9.97 Å². The molecule has 0 saturated heterocycles. The van der Waals surface area contributed by atoms with Crippen molar-refractivity contribution in [1.29, 1.82) is 0 Å². The van der Waals surface area contributed by atoms with Gasteiger partial charge in [0, 0.05) is 12.1 Å². The molecule has 0 aromatic carbocycles. The van der Waals surface area contributed by atoms with Crippen LogP contribution in [0, 0.1) is 5.95 Å². The average molecular weight is 210 g/mol. The number of anilines is 1. The fraction of sp³-hybridized carbons (Fsp3) is 0.444. The number of hydrogen-bond acceptors (Lipinski definition) is 4. The van der Waals surface area contributed by atoms with Gasteiger partial charge in [0.25, 0.3) is 0 Å². The second kappa shape index (κ2) is 4.20. The number of amides is 1. The predicted molar refractivity (Wildman–Crippen MR) is 51.6 cm³/mol. The van der Waals surface area contributed by atoms with Crippen LogP contribution in [0.25, 0.3) is 0 Å². The lowest BCUT2D eigenvalue weighted by atomic mass is 10.5. The van der Waals surface area contributed by atoms with Crippen molar-refractivity contribution in [3.8, 4) is 0 Å². The van der Waals surface area contributed by atoms with Crippen molar-refractivity contribution >= 4 is 11.7 Å². The standard InChI is InChI=1S/C9H11FN4O/c10-7-3-8(13-5-12-7)11-4-9(15)14-6-1-2-6/h3,5-6H,1-2,4H2,(H,14,15)(H,11,12,13). The van der Waals surface area contributed by atoms with Crippen LogP contribution in [0.4, 0.5) is 10.2 Å². The van der Waals surface area contributed by atoms with Gasteiger partial charge in [0.1, 0.15) is 12.1 Å². The smallest absolute Gasteiger partial charge is 0.239 e. The summed E-state index contributed by atoms with van der Waals surface area (Å²) in [6.07, 6.45) is 3.21. The quantitative estimate of drug-likeness (QED) is 0.702. The number of nitrogens with zero attached hydrogens (tertiary/aromatic N) is 2. The molecule has 2 N–H and O–H groups in total. The highest BCUT2D eigenvalue weighted by atomic mass is 19.1. The Labute approximate surface area is 86.1 Å². The first-order valence-corrected chi connectivity index (χ1v) is 4.75. The molecular weight excluding hydrogens is 199 g/mol. The van der Waals surface area contributed by atoms with Crippen LogP contribution in [0.5, 0.6) is 0 Å². The molecule has 1 saturated carbocycles. The summed E-state index contributed by atoms with van der Waals surface area (Å²) in [7, 11) is 0. The second-order valence-electron chi connectivity index (χ2n) is 3.42. The molecule has 0 atom stereocenters. The van der Waals surface area contributed by atoms with Crippen LogP contribution in [-0.2, 0) is 4.79 Å². The van der Waals surface area contributed by atoms with E-state index in [1.165, 1.54) is 0 Å². The van der Waals surface area contributed by atoms with Crippen LogP contribution in [0.3, 0.4) is 0 Å². The minimum absolute atomic E-state index is 0.100. The minimum Gasteiger partial charge on any atom is -0.361 e. The van der Waals surface area contributed by atoms with E-state index in [4.69, 9.17) is 0 Å². The molecule has 1 aliphatic rings. The maximum atomic E-state index is 12.6. The van der Waals surface area contributed by atoms with Crippen molar-refractivity contribution in [3.63, 3.8) is 0 Å². The molecule has 1 heterocycles. The fourth-order valence-corrected chi connectivity index (χ4v) is 1.11. The molecule has 6 heteroatoms. The Kier molecular flexibility index (Phi) is 2.75. The van der Waals surface area contributed by atoms with E-state index in [9.17, 15) is 9.18 Å². The Balaban J connectivity index is 1.78. The van der Waals surface area contributed by atoms with E-state index >= 15 is 0 Å². The van der Waals surface area contributed by atoms with E-state index in [2.05, 4.69) is 20.6 Å². The summed E-state index contributed by atoms with van der Waals surface area (Å²) < 4.78 is 12.6. The number of carbonyl (C=O) groups is 1. The first kappa shape index (κ1) is 9.82. The molecule has 0 aliphatic heterocycles. The van der Waals surface area contributed by atoms with E-state index in [1.54, 1.807) is 0 Å². The molecule has 2 rings (SSSR count). The van der Waals surface area contributed by atoms with Crippen molar-refractivity contribution in [2.75, 3.05) is 11.9 Å². The Bertz CT molecular complexity index is 367. The van der Waals surface area contributed by atoms with E-state index in [-0.39, 0.29) is 12.5 Å². The molecule has 5 nitrogen and oxygen atoms in total. The highest BCUT2D eigenvalue weighted by Crippen LogP contribution is 2.18. The van der Waals surface area contributed by atoms with Crippen molar-refractivity contribution < 1.29 is 9.18 Å². The Hall–Kier alpha value is -1.72. The highest BCUT2D eigenvalue weighted by Gasteiger charge is 2.22. The SMILES string of the molecule is O=C(CNc1cc(F)ncn1)NC1CC1. The third-order valence-corrected chi connectivity index (χ3v) is 2.01. The lowest BCUT2D eigenvalue weighted by Gasteiger charge is -2.05. The molecule has 1 amide bonds. The molecule has 15 heavy (non-hydrogen) atoms. The molecule has 1 aromatic rings. The van der Waals surface area contributed by atoms with Gasteiger partial charge in [-0.2, -0.15) is 4.39 Å². The largest absolute Gasteiger partial charge is 0.361 e. The Morgan fingerprint density at radius 3 is 3.00 bits per heavy atom. The average Bonchev–Trinajstić information content (AvgIpc) is 2.99. The number of hydrogen-bond donors (Lipinski definition) is 2. The molecule has 0 unspecified atom stereocenters. The molecule has 1 aromatic heterocycles. The van der Waals surface area contributed by atoms with Gasteiger partial charge in [-0.05, 0) is 12.8 Å². The van der Waals surface area contributed by atoms with E-state index in [1.807, 2.05) is 0 Å². The lowest BCUT2D eigenvalue weighted by molar-refractivity contribution is -0.119. The second-order valence-corrected chi connectivity index (χ2v) is 3.42. The molecule has 0 spiro atoms. The van der Waals surface area contributed by atoms with E-state index in [0.717, 1.165) is 25.2 Å². The summed E-state index contributed by atoms with van der Waals surface area (Å²) in [5.41, 5.74) is 0. The molecule has 0 bridgehead atoms.